The predicted molar refractivity (Wildman–Crippen MR) is 143 cm³/mol. The Labute approximate surface area is 241 Å². The summed E-state index contributed by atoms with van der Waals surface area (Å²) >= 11 is 6.30. The second-order valence-corrected chi connectivity index (χ2v) is 10.5. The van der Waals surface area contributed by atoms with Gasteiger partial charge in [0.2, 0.25) is 5.91 Å². The average Bonchev–Trinajstić information content (AvgIpc) is 3.52. The lowest BCUT2D eigenvalue weighted by Crippen LogP contribution is -2.41. The lowest BCUT2D eigenvalue weighted by atomic mass is 10.0. The van der Waals surface area contributed by atoms with E-state index in [0.717, 1.165) is 4.68 Å². The number of anilines is 1. The van der Waals surface area contributed by atoms with Crippen molar-refractivity contribution in [3.63, 3.8) is 0 Å². The number of primary amides is 1. The van der Waals surface area contributed by atoms with Gasteiger partial charge in [-0.05, 0) is 68.8 Å². The summed E-state index contributed by atoms with van der Waals surface area (Å²) in [6, 6.07) is 7.01. The Bertz CT molecular complexity index is 1690. The van der Waals surface area contributed by atoms with Crippen LogP contribution in [0.2, 0.25) is 5.02 Å². The molecule has 1 aromatic carbocycles. The maximum atomic E-state index is 13.7. The Hall–Kier alpha value is -4.86. The van der Waals surface area contributed by atoms with E-state index in [1.54, 1.807) is 33.8 Å². The van der Waals surface area contributed by atoms with E-state index in [1.165, 1.54) is 30.5 Å². The van der Waals surface area contributed by atoms with Crippen LogP contribution in [-0.4, -0.2) is 58.2 Å². The number of aryl methyl sites for hydroxylation is 1. The first-order valence-electron chi connectivity index (χ1n) is 12.2. The van der Waals surface area contributed by atoms with E-state index in [0.29, 0.717) is 10.4 Å². The zero-order valence-corrected chi connectivity index (χ0v) is 23.4. The number of halogens is 4. The molecule has 0 spiro atoms. The first kappa shape index (κ1) is 30.1. The van der Waals surface area contributed by atoms with Crippen molar-refractivity contribution in [2.24, 2.45) is 5.73 Å². The molecule has 0 aliphatic rings. The fraction of sp³-hybridized carbons (Fsp3) is 0.280. The highest BCUT2D eigenvalue weighted by molar-refractivity contribution is 6.32. The Morgan fingerprint density at radius 2 is 1.79 bits per heavy atom. The Balaban J connectivity index is 1.77. The van der Waals surface area contributed by atoms with Crippen LogP contribution >= 0.6 is 11.6 Å². The van der Waals surface area contributed by atoms with Crippen molar-refractivity contribution in [2.45, 2.75) is 46.0 Å². The Morgan fingerprint density at radius 3 is 2.38 bits per heavy atom. The maximum Gasteiger partial charge on any atom is 0.455 e. The number of alkyl halides is 3. The normalized spacial score (nSPS) is 11.8. The third-order valence-electron chi connectivity index (χ3n) is 5.53. The molecule has 42 heavy (non-hydrogen) atoms. The van der Waals surface area contributed by atoms with Crippen molar-refractivity contribution in [2.75, 3.05) is 5.32 Å². The average molecular weight is 605 g/mol. The van der Waals surface area contributed by atoms with Gasteiger partial charge in [-0.1, -0.05) is 11.6 Å². The molecule has 0 fully saturated rings. The van der Waals surface area contributed by atoms with E-state index in [2.05, 4.69) is 36.1 Å². The predicted octanol–water partition coefficient (Wildman–Crippen LogP) is 3.16. The summed E-state index contributed by atoms with van der Waals surface area (Å²) in [4.78, 5) is 43.6. The van der Waals surface area contributed by atoms with E-state index < -0.39 is 35.3 Å². The van der Waals surface area contributed by atoms with Crippen LogP contribution in [0.3, 0.4) is 0 Å². The lowest BCUT2D eigenvalue weighted by Gasteiger charge is -2.22. The third kappa shape index (κ3) is 6.71. The molecule has 0 aliphatic carbocycles. The minimum absolute atomic E-state index is 0.0271. The monoisotopic (exact) mass is 604 g/mol. The van der Waals surface area contributed by atoms with Crippen molar-refractivity contribution in [1.82, 2.24) is 40.3 Å². The van der Waals surface area contributed by atoms with Crippen molar-refractivity contribution in [3.05, 3.63) is 75.5 Å². The van der Waals surface area contributed by atoms with Crippen molar-refractivity contribution < 1.29 is 27.6 Å². The second kappa shape index (κ2) is 11.2. The van der Waals surface area contributed by atoms with Crippen molar-refractivity contribution >= 4 is 35.0 Å². The van der Waals surface area contributed by atoms with E-state index in [9.17, 15) is 27.6 Å². The van der Waals surface area contributed by atoms with Crippen LogP contribution in [0.25, 0.3) is 5.82 Å². The summed E-state index contributed by atoms with van der Waals surface area (Å²) in [6.45, 7) is 6.46. The summed E-state index contributed by atoms with van der Waals surface area (Å²) in [5.74, 6) is -3.53. The first-order valence-corrected chi connectivity index (χ1v) is 12.5. The lowest BCUT2D eigenvalue weighted by molar-refractivity contribution is -0.145. The quantitative estimate of drug-likeness (QED) is 0.288. The van der Waals surface area contributed by atoms with E-state index in [1.807, 2.05) is 0 Å². The van der Waals surface area contributed by atoms with Crippen LogP contribution in [0.1, 0.15) is 69.1 Å². The van der Waals surface area contributed by atoms with Gasteiger partial charge in [-0.3, -0.25) is 14.4 Å². The number of hydrogen-bond donors (Lipinski definition) is 3. The van der Waals surface area contributed by atoms with Gasteiger partial charge >= 0.3 is 6.18 Å². The zero-order chi connectivity index (χ0) is 31.0. The number of rotatable bonds is 7. The van der Waals surface area contributed by atoms with Gasteiger partial charge in [0.05, 0.1) is 22.0 Å². The maximum absolute atomic E-state index is 13.7. The van der Waals surface area contributed by atoms with Gasteiger partial charge in [0, 0.05) is 17.3 Å². The fourth-order valence-electron chi connectivity index (χ4n) is 3.79. The van der Waals surface area contributed by atoms with Gasteiger partial charge < -0.3 is 16.4 Å². The molecule has 4 rings (SSSR count). The topological polar surface area (TPSA) is 176 Å². The van der Waals surface area contributed by atoms with Crippen LogP contribution in [-0.2, 0) is 12.7 Å². The van der Waals surface area contributed by atoms with E-state index in [-0.39, 0.29) is 45.6 Å². The molecular formula is C25H24ClF3N10O3. The molecule has 0 radical (unpaired) electrons. The number of tetrazole rings is 1. The summed E-state index contributed by atoms with van der Waals surface area (Å²) in [6.07, 6.45) is -3.40. The van der Waals surface area contributed by atoms with Crippen LogP contribution in [0.4, 0.5) is 18.9 Å². The molecule has 3 heterocycles. The molecular weight excluding hydrogens is 581 g/mol. The molecule has 0 aliphatic heterocycles. The highest BCUT2D eigenvalue weighted by Gasteiger charge is 2.37. The highest BCUT2D eigenvalue weighted by atomic mass is 35.5. The van der Waals surface area contributed by atoms with Crippen LogP contribution in [0.5, 0.6) is 0 Å². The number of amides is 3. The van der Waals surface area contributed by atoms with Gasteiger partial charge in [-0.2, -0.15) is 23.1 Å². The van der Waals surface area contributed by atoms with Crippen molar-refractivity contribution in [3.8, 4) is 5.82 Å². The van der Waals surface area contributed by atoms with Gasteiger partial charge in [-0.15, -0.1) is 10.2 Å². The minimum Gasteiger partial charge on any atom is -0.366 e. The Kier molecular flexibility index (Phi) is 8.02. The van der Waals surface area contributed by atoms with Gasteiger partial charge in [-0.25, -0.2) is 9.67 Å². The molecule has 13 nitrogen and oxygen atoms in total. The molecule has 0 unspecified atom stereocenters. The van der Waals surface area contributed by atoms with Gasteiger partial charge in [0.1, 0.15) is 12.2 Å². The fourth-order valence-corrected chi connectivity index (χ4v) is 3.99. The molecule has 4 aromatic rings. The molecule has 0 saturated heterocycles. The second-order valence-electron chi connectivity index (χ2n) is 10.1. The minimum atomic E-state index is -4.80. The van der Waals surface area contributed by atoms with Gasteiger partial charge in [0.25, 0.3) is 17.6 Å². The summed E-state index contributed by atoms with van der Waals surface area (Å²) < 4.78 is 39.9. The molecule has 0 bridgehead atoms. The number of aromatic nitrogens is 7. The number of hydrogen-bond acceptors (Lipinski definition) is 8. The number of carbonyl (C=O) groups excluding carboxylic acids is 3. The summed E-state index contributed by atoms with van der Waals surface area (Å²) in [5, 5.41) is 19.6. The van der Waals surface area contributed by atoms with Crippen molar-refractivity contribution in [1.29, 1.82) is 0 Å². The largest absolute Gasteiger partial charge is 0.455 e. The number of nitrogens with one attached hydrogen (secondary N) is 2. The molecule has 4 N–H and O–H groups in total. The summed E-state index contributed by atoms with van der Waals surface area (Å²) in [7, 11) is 0. The van der Waals surface area contributed by atoms with Crippen LogP contribution < -0.4 is 16.4 Å². The highest BCUT2D eigenvalue weighted by Crippen LogP contribution is 2.27. The Morgan fingerprint density at radius 1 is 1.07 bits per heavy atom. The molecule has 220 valence electrons. The first-order chi connectivity index (χ1) is 19.5. The number of benzene rings is 1. The molecule has 0 atom stereocenters. The summed E-state index contributed by atoms with van der Waals surface area (Å²) in [5.41, 5.74) is 5.18. The number of pyridine rings is 1. The number of nitrogens with zero attached hydrogens (tertiary/aromatic N) is 7. The number of carbonyl (C=O) groups is 3. The SMILES string of the molecule is Cc1cc(C(N)=O)cc(C(=O)NC(C)(C)C)c1NC(=O)c1cc(Cn2nnc(C(F)(F)F)n2)nn1-c1ncccc1Cl. The van der Waals surface area contributed by atoms with Gasteiger partial charge in [0.15, 0.2) is 5.82 Å². The molecule has 3 amide bonds. The van der Waals surface area contributed by atoms with Crippen LogP contribution in [0, 0.1) is 6.92 Å². The smallest absolute Gasteiger partial charge is 0.366 e. The molecule has 17 heteroatoms. The molecule has 0 saturated carbocycles. The van der Waals surface area contributed by atoms with E-state index >= 15 is 0 Å². The third-order valence-corrected chi connectivity index (χ3v) is 5.83. The molecule has 3 aromatic heterocycles. The number of nitrogens with two attached hydrogens (primary N) is 1. The zero-order valence-electron chi connectivity index (χ0n) is 22.6. The van der Waals surface area contributed by atoms with E-state index in [4.69, 9.17) is 17.3 Å². The van der Waals surface area contributed by atoms with Crippen LogP contribution in [0.15, 0.2) is 36.5 Å². The standard InChI is InChI=1S/C25H24ClF3N10O3/c1-12-8-13(19(30)40)9-15(21(41)33-24(2,3)4)18(12)32-22(42)17-10-14(11-38-36-23(34-37-38)25(27,28)29)35-39(17)20-16(26)6-5-7-31-20/h5-10H,11H2,1-4H3,(H2,30,40)(H,32,42)(H,33,41).